The molecule has 102 valence electrons. The lowest BCUT2D eigenvalue weighted by Crippen LogP contribution is -2.44. The smallest absolute Gasteiger partial charge is 0.123 e. The first-order valence-corrected chi connectivity index (χ1v) is 7.01. The molecule has 1 aromatic rings. The highest BCUT2D eigenvalue weighted by Gasteiger charge is 2.30. The number of hydrogen-bond donors (Lipinski definition) is 1. The summed E-state index contributed by atoms with van der Waals surface area (Å²) in [5, 5.41) is 3.58. The lowest BCUT2D eigenvalue weighted by Gasteiger charge is -2.36. The van der Waals surface area contributed by atoms with Gasteiger partial charge in [0.1, 0.15) is 5.82 Å². The van der Waals surface area contributed by atoms with Crippen molar-refractivity contribution in [3.8, 4) is 0 Å². The molecule has 2 heteroatoms. The van der Waals surface area contributed by atoms with Crippen LogP contribution in [0.5, 0.6) is 0 Å². The first kappa shape index (κ1) is 15.2. The largest absolute Gasteiger partial charge is 0.313 e. The fraction of sp³-hybridized carbons (Fsp3) is 0.625. The molecule has 0 saturated carbocycles. The van der Waals surface area contributed by atoms with E-state index in [1.807, 2.05) is 12.1 Å². The molecule has 0 radical (unpaired) electrons. The summed E-state index contributed by atoms with van der Waals surface area (Å²) in [5.41, 5.74) is 1.23. The SMILES string of the molecule is CCCCC(NCC)C(C)(C)c1ccc(F)cc1. The summed E-state index contributed by atoms with van der Waals surface area (Å²) < 4.78 is 13.0. The van der Waals surface area contributed by atoms with Crippen LogP contribution in [0.25, 0.3) is 0 Å². The van der Waals surface area contributed by atoms with E-state index in [0.29, 0.717) is 6.04 Å². The molecule has 1 rings (SSSR count). The molecule has 0 aliphatic rings. The summed E-state index contributed by atoms with van der Waals surface area (Å²) >= 11 is 0. The number of likely N-dealkylation sites (N-methyl/N-ethyl adjacent to an activating group) is 1. The van der Waals surface area contributed by atoms with Crippen LogP contribution >= 0.6 is 0 Å². The van der Waals surface area contributed by atoms with E-state index in [1.54, 1.807) is 12.1 Å². The third kappa shape index (κ3) is 3.81. The highest BCUT2D eigenvalue weighted by atomic mass is 19.1. The van der Waals surface area contributed by atoms with Crippen molar-refractivity contribution in [1.29, 1.82) is 0 Å². The minimum atomic E-state index is -0.164. The maximum Gasteiger partial charge on any atom is 0.123 e. The molecule has 1 nitrogen and oxygen atoms in total. The van der Waals surface area contributed by atoms with Gasteiger partial charge in [-0.3, -0.25) is 0 Å². The van der Waals surface area contributed by atoms with E-state index in [0.717, 1.165) is 13.0 Å². The average Bonchev–Trinajstić information content (AvgIpc) is 2.35. The van der Waals surface area contributed by atoms with Crippen molar-refractivity contribution in [2.24, 2.45) is 0 Å². The Morgan fingerprint density at radius 2 is 1.78 bits per heavy atom. The molecule has 0 saturated heterocycles. The average molecular weight is 251 g/mol. The quantitative estimate of drug-likeness (QED) is 0.763. The topological polar surface area (TPSA) is 12.0 Å². The summed E-state index contributed by atoms with van der Waals surface area (Å²) in [6, 6.07) is 7.37. The van der Waals surface area contributed by atoms with E-state index in [-0.39, 0.29) is 11.2 Å². The van der Waals surface area contributed by atoms with Crippen LogP contribution in [0.3, 0.4) is 0 Å². The molecular formula is C16H26FN. The van der Waals surface area contributed by atoms with E-state index in [4.69, 9.17) is 0 Å². The van der Waals surface area contributed by atoms with E-state index in [2.05, 4.69) is 33.0 Å². The number of unbranched alkanes of at least 4 members (excludes halogenated alkanes) is 1. The fourth-order valence-electron chi connectivity index (χ4n) is 2.45. The number of nitrogens with one attached hydrogen (secondary N) is 1. The van der Waals surface area contributed by atoms with Gasteiger partial charge >= 0.3 is 0 Å². The number of rotatable bonds is 7. The minimum absolute atomic E-state index is 0.0267. The number of hydrogen-bond acceptors (Lipinski definition) is 1. The van der Waals surface area contributed by atoms with Crippen LogP contribution in [0.15, 0.2) is 24.3 Å². The Bertz CT molecular complexity index is 343. The van der Waals surface area contributed by atoms with Crippen molar-refractivity contribution in [3.05, 3.63) is 35.6 Å². The van der Waals surface area contributed by atoms with Gasteiger partial charge < -0.3 is 5.32 Å². The van der Waals surface area contributed by atoms with Gasteiger partial charge in [-0.25, -0.2) is 4.39 Å². The molecule has 0 aliphatic heterocycles. The number of benzene rings is 1. The highest BCUT2D eigenvalue weighted by Crippen LogP contribution is 2.30. The van der Waals surface area contributed by atoms with E-state index < -0.39 is 0 Å². The molecule has 18 heavy (non-hydrogen) atoms. The van der Waals surface area contributed by atoms with Gasteiger partial charge in [0.15, 0.2) is 0 Å². The zero-order valence-corrected chi connectivity index (χ0v) is 12.1. The van der Waals surface area contributed by atoms with Crippen LogP contribution in [0, 0.1) is 5.82 Å². The molecule has 1 atom stereocenters. The molecule has 1 aromatic carbocycles. The molecule has 0 heterocycles. The summed E-state index contributed by atoms with van der Waals surface area (Å²) in [6.07, 6.45) is 3.60. The predicted molar refractivity (Wildman–Crippen MR) is 76.4 cm³/mol. The molecule has 0 bridgehead atoms. The zero-order valence-electron chi connectivity index (χ0n) is 12.1. The Morgan fingerprint density at radius 1 is 1.17 bits per heavy atom. The van der Waals surface area contributed by atoms with Crippen LogP contribution in [0.2, 0.25) is 0 Å². The van der Waals surface area contributed by atoms with Gasteiger partial charge in [-0.15, -0.1) is 0 Å². The van der Waals surface area contributed by atoms with Crippen molar-refractivity contribution in [1.82, 2.24) is 5.32 Å². The standard InChI is InChI=1S/C16H26FN/c1-5-7-8-15(18-6-2)16(3,4)13-9-11-14(17)12-10-13/h9-12,15,18H,5-8H2,1-4H3. The van der Waals surface area contributed by atoms with Crippen molar-refractivity contribution in [2.75, 3.05) is 6.54 Å². The molecule has 0 amide bonds. The van der Waals surface area contributed by atoms with Crippen molar-refractivity contribution in [3.63, 3.8) is 0 Å². The van der Waals surface area contributed by atoms with Gasteiger partial charge in [-0.2, -0.15) is 0 Å². The molecule has 0 fully saturated rings. The van der Waals surface area contributed by atoms with Crippen LogP contribution in [0.1, 0.15) is 52.5 Å². The summed E-state index contributed by atoms with van der Waals surface area (Å²) in [6.45, 7) is 9.80. The molecular weight excluding hydrogens is 225 g/mol. The minimum Gasteiger partial charge on any atom is -0.313 e. The lowest BCUT2D eigenvalue weighted by molar-refractivity contribution is 0.320. The summed E-state index contributed by atoms with van der Waals surface area (Å²) in [4.78, 5) is 0. The van der Waals surface area contributed by atoms with Crippen molar-refractivity contribution < 1.29 is 4.39 Å². The molecule has 0 aliphatic carbocycles. The lowest BCUT2D eigenvalue weighted by atomic mass is 9.76. The van der Waals surface area contributed by atoms with Crippen molar-refractivity contribution in [2.45, 2.75) is 58.4 Å². The van der Waals surface area contributed by atoms with E-state index in [9.17, 15) is 4.39 Å². The predicted octanol–water partition coefficient (Wildman–Crippen LogP) is 4.27. The Hall–Kier alpha value is -0.890. The van der Waals surface area contributed by atoms with Gasteiger partial charge in [-0.1, -0.05) is 52.7 Å². The van der Waals surface area contributed by atoms with Crippen LogP contribution in [-0.4, -0.2) is 12.6 Å². The van der Waals surface area contributed by atoms with Gasteiger partial charge in [0.05, 0.1) is 0 Å². The third-order valence-electron chi connectivity index (χ3n) is 3.76. The molecule has 0 spiro atoms. The monoisotopic (exact) mass is 251 g/mol. The van der Waals surface area contributed by atoms with Gasteiger partial charge in [0, 0.05) is 11.5 Å². The first-order valence-electron chi connectivity index (χ1n) is 7.01. The van der Waals surface area contributed by atoms with E-state index in [1.165, 1.54) is 18.4 Å². The Kier molecular flexibility index (Phi) is 5.80. The molecule has 1 N–H and O–H groups in total. The van der Waals surface area contributed by atoms with Crippen LogP contribution < -0.4 is 5.32 Å². The number of halogens is 1. The van der Waals surface area contributed by atoms with Gasteiger partial charge in [0.25, 0.3) is 0 Å². The fourth-order valence-corrected chi connectivity index (χ4v) is 2.45. The maximum atomic E-state index is 13.0. The molecule has 1 unspecified atom stereocenters. The molecule has 0 aromatic heterocycles. The van der Waals surface area contributed by atoms with Crippen molar-refractivity contribution >= 4 is 0 Å². The second kappa shape index (κ2) is 6.89. The van der Waals surface area contributed by atoms with Gasteiger partial charge in [-0.05, 0) is 30.7 Å². The summed E-state index contributed by atoms with van der Waals surface area (Å²) in [5.74, 6) is -0.164. The Morgan fingerprint density at radius 3 is 2.28 bits per heavy atom. The zero-order chi connectivity index (χ0) is 13.6. The van der Waals surface area contributed by atoms with Crippen LogP contribution in [-0.2, 0) is 5.41 Å². The normalized spacial score (nSPS) is 13.6. The first-order chi connectivity index (χ1) is 8.52. The Balaban J connectivity index is 2.88. The van der Waals surface area contributed by atoms with Crippen LogP contribution in [0.4, 0.5) is 4.39 Å². The second-order valence-corrected chi connectivity index (χ2v) is 5.48. The van der Waals surface area contributed by atoms with E-state index >= 15 is 0 Å². The highest BCUT2D eigenvalue weighted by molar-refractivity contribution is 5.26. The summed E-state index contributed by atoms with van der Waals surface area (Å²) in [7, 11) is 0. The van der Waals surface area contributed by atoms with Gasteiger partial charge in [0.2, 0.25) is 0 Å². The second-order valence-electron chi connectivity index (χ2n) is 5.48. The Labute approximate surface area is 111 Å². The maximum absolute atomic E-state index is 13.0. The third-order valence-corrected chi connectivity index (χ3v) is 3.76.